The molecule has 0 radical (unpaired) electrons. The molecular weight excluding hydrogens is 873 g/mol. The Morgan fingerprint density at radius 1 is 0.938 bits per heavy atom. The van der Waals surface area contributed by atoms with Gasteiger partial charge in [-0.25, -0.2) is 22.5 Å². The first-order valence-corrected chi connectivity index (χ1v) is 22.7. The Balaban J connectivity index is 0.761. The lowest BCUT2D eigenvalue weighted by Gasteiger charge is -2.36. The number of piperazine rings is 1. The smallest absolute Gasteiger partial charge is 0.301 e. The van der Waals surface area contributed by atoms with Gasteiger partial charge in [-0.15, -0.1) is 0 Å². The van der Waals surface area contributed by atoms with Crippen LogP contribution in [0.1, 0.15) is 63.9 Å². The summed E-state index contributed by atoms with van der Waals surface area (Å²) in [7, 11) is -4.63. The van der Waals surface area contributed by atoms with Crippen LogP contribution in [0.2, 0.25) is 0 Å². The Kier molecular flexibility index (Phi) is 11.8. The number of imide groups is 1. The van der Waals surface area contributed by atoms with Crippen molar-refractivity contribution in [2.75, 3.05) is 62.0 Å². The molecule has 4 aliphatic heterocycles. The second kappa shape index (κ2) is 17.5. The molecule has 3 aromatic carbocycles. The number of fused-ring (bicyclic) bond motifs is 2. The van der Waals surface area contributed by atoms with Crippen molar-refractivity contribution >= 4 is 56.1 Å². The number of alkyl halides is 2. The number of ether oxygens (including phenoxy) is 1. The van der Waals surface area contributed by atoms with E-state index >= 15 is 8.78 Å². The van der Waals surface area contributed by atoms with Gasteiger partial charge in [0.15, 0.2) is 5.82 Å². The minimum absolute atomic E-state index is 0.104. The van der Waals surface area contributed by atoms with Crippen LogP contribution in [0.5, 0.6) is 5.75 Å². The molecule has 0 saturated carbocycles. The fraction of sp³-hybridized carbons (Fsp3) is 0.356. The summed E-state index contributed by atoms with van der Waals surface area (Å²) in [5, 5.41) is 2.60. The van der Waals surface area contributed by atoms with Crippen LogP contribution < -0.4 is 19.7 Å². The number of pyridine rings is 1. The predicted molar refractivity (Wildman–Crippen MR) is 231 cm³/mol. The van der Waals surface area contributed by atoms with Crippen molar-refractivity contribution in [3.63, 3.8) is 0 Å². The molecule has 6 heterocycles. The standard InChI is InChI=1S/C45H44F4N8O7S/c46-35-9-10-36(53-65(62,63)56-15-13-45(48,49)26-56)40(47)39(35)41(59)34-24-51-42-33(34)22-28(23-50-42)27-3-5-30(6-4-27)55-18-16-54(17-19-55)14-1-2-20-64-31-7-8-32-29(21-31)25-57(44(32)61)37-11-12-38(58)52-43(37)60/h3-10,21-24,37,53H,1-2,11-20,25-26H2,(H,50,51)(H,52,58,60). The normalized spacial score (nSPS) is 19.2. The first-order valence-electron chi connectivity index (χ1n) is 21.3. The van der Waals surface area contributed by atoms with Crippen molar-refractivity contribution in [2.24, 2.45) is 0 Å². The molecule has 3 saturated heterocycles. The largest absolute Gasteiger partial charge is 0.494 e. The van der Waals surface area contributed by atoms with Gasteiger partial charge in [-0.2, -0.15) is 12.7 Å². The lowest BCUT2D eigenvalue weighted by Crippen LogP contribution is -2.52. The van der Waals surface area contributed by atoms with Gasteiger partial charge in [-0.3, -0.25) is 34.1 Å². The lowest BCUT2D eigenvalue weighted by molar-refractivity contribution is -0.136. The summed E-state index contributed by atoms with van der Waals surface area (Å²) in [5.41, 5.74) is 2.20. The summed E-state index contributed by atoms with van der Waals surface area (Å²) >= 11 is 0. The average Bonchev–Trinajstić information content (AvgIpc) is 3.99. The number of carbonyl (C=O) groups is 4. The van der Waals surface area contributed by atoms with E-state index in [0.717, 1.165) is 74.5 Å². The maximum atomic E-state index is 15.7. The summed E-state index contributed by atoms with van der Waals surface area (Å²) in [6, 6.07) is 15.7. The quantitative estimate of drug-likeness (QED) is 0.0560. The number of carbonyl (C=O) groups excluding carboxylic acids is 4. The minimum Gasteiger partial charge on any atom is -0.494 e. The number of halogens is 4. The molecule has 9 rings (SSSR count). The molecule has 2 aromatic heterocycles. The molecule has 15 nitrogen and oxygen atoms in total. The molecule has 3 amide bonds. The Labute approximate surface area is 370 Å². The minimum atomic E-state index is -4.63. The molecule has 0 aliphatic carbocycles. The Morgan fingerprint density at radius 2 is 1.72 bits per heavy atom. The molecule has 340 valence electrons. The summed E-state index contributed by atoms with van der Waals surface area (Å²) in [6.07, 6.45) is 4.48. The van der Waals surface area contributed by atoms with Crippen LogP contribution in [0.15, 0.2) is 73.1 Å². The van der Waals surface area contributed by atoms with E-state index in [4.69, 9.17) is 4.74 Å². The number of piperidine rings is 1. The number of nitrogens with zero attached hydrogens (tertiary/aromatic N) is 5. The fourth-order valence-corrected chi connectivity index (χ4v) is 10.1. The fourth-order valence-electron chi connectivity index (χ4n) is 8.80. The maximum Gasteiger partial charge on any atom is 0.301 e. The molecule has 65 heavy (non-hydrogen) atoms. The van der Waals surface area contributed by atoms with Crippen LogP contribution >= 0.6 is 0 Å². The zero-order valence-corrected chi connectivity index (χ0v) is 35.7. The first-order chi connectivity index (χ1) is 31.1. The molecule has 1 unspecified atom stereocenters. The number of unbranched alkanes of at least 4 members (excludes halogenated alkanes) is 1. The van der Waals surface area contributed by atoms with Gasteiger partial charge in [-0.05, 0) is 85.5 Å². The third-order valence-corrected chi connectivity index (χ3v) is 13.8. The number of nitrogens with one attached hydrogen (secondary N) is 3. The summed E-state index contributed by atoms with van der Waals surface area (Å²) in [6.45, 7) is 3.55. The molecule has 3 fully saturated rings. The number of hydrogen-bond acceptors (Lipinski definition) is 10. The second-order valence-electron chi connectivity index (χ2n) is 16.6. The molecule has 20 heteroatoms. The van der Waals surface area contributed by atoms with Gasteiger partial charge < -0.3 is 19.5 Å². The van der Waals surface area contributed by atoms with Crippen molar-refractivity contribution in [1.82, 2.24) is 29.4 Å². The van der Waals surface area contributed by atoms with Crippen molar-refractivity contribution in [1.29, 1.82) is 0 Å². The van der Waals surface area contributed by atoms with Crippen molar-refractivity contribution in [3.05, 3.63) is 107 Å². The molecule has 0 spiro atoms. The van der Waals surface area contributed by atoms with Gasteiger partial charge in [0.2, 0.25) is 17.6 Å². The summed E-state index contributed by atoms with van der Waals surface area (Å²) in [4.78, 5) is 64.1. The van der Waals surface area contributed by atoms with E-state index in [0.29, 0.717) is 40.8 Å². The van der Waals surface area contributed by atoms with Crippen LogP contribution in [0.4, 0.5) is 28.9 Å². The van der Waals surface area contributed by atoms with E-state index in [1.54, 1.807) is 24.4 Å². The molecule has 0 bridgehead atoms. The third-order valence-electron chi connectivity index (χ3n) is 12.4. The molecule has 5 aromatic rings. The first kappa shape index (κ1) is 43.9. The third kappa shape index (κ3) is 9.01. The number of anilines is 2. The van der Waals surface area contributed by atoms with E-state index in [1.807, 2.05) is 35.1 Å². The van der Waals surface area contributed by atoms with Gasteiger partial charge in [0.1, 0.15) is 23.3 Å². The number of H-pyrrole nitrogens is 1. The van der Waals surface area contributed by atoms with Gasteiger partial charge in [-0.1, -0.05) is 12.1 Å². The SMILES string of the molecule is O=C1CCC(N2Cc3cc(OCCCCN4CCN(c5ccc(-c6cnc7[nH]cc(C(=O)c8c(F)ccc(NS(=O)(=O)N9CCC(F)(F)C9)c8F)c7c6)cc5)CC4)ccc3C2=O)C(=O)N1. The number of aromatic amines is 1. The maximum absolute atomic E-state index is 15.7. The van der Waals surface area contributed by atoms with Crippen molar-refractivity contribution in [2.45, 2.75) is 50.6 Å². The lowest BCUT2D eigenvalue weighted by atomic mass is 9.99. The van der Waals surface area contributed by atoms with Crippen molar-refractivity contribution in [3.8, 4) is 16.9 Å². The van der Waals surface area contributed by atoms with E-state index in [-0.39, 0.29) is 34.8 Å². The summed E-state index contributed by atoms with van der Waals surface area (Å²) in [5.74, 6) is -7.35. The Bertz CT molecular complexity index is 2820. The number of aromatic nitrogens is 2. The van der Waals surface area contributed by atoms with E-state index in [9.17, 15) is 36.4 Å². The highest BCUT2D eigenvalue weighted by molar-refractivity contribution is 7.90. The number of amides is 3. The van der Waals surface area contributed by atoms with Crippen LogP contribution in [0.3, 0.4) is 0 Å². The van der Waals surface area contributed by atoms with Crippen LogP contribution in [0, 0.1) is 11.6 Å². The molecular formula is C45H44F4N8O7S. The van der Waals surface area contributed by atoms with Gasteiger partial charge in [0.05, 0.1) is 24.4 Å². The van der Waals surface area contributed by atoms with Crippen LogP contribution in [-0.4, -0.2) is 120 Å². The number of hydrogen-bond donors (Lipinski definition) is 3. The highest BCUT2D eigenvalue weighted by atomic mass is 32.2. The van der Waals surface area contributed by atoms with Gasteiger partial charge in [0, 0.05) is 92.3 Å². The van der Waals surface area contributed by atoms with E-state index < -0.39 is 76.3 Å². The topological polar surface area (TPSA) is 177 Å². The van der Waals surface area contributed by atoms with E-state index in [1.165, 1.54) is 11.1 Å². The average molecular weight is 917 g/mol. The molecule has 3 N–H and O–H groups in total. The Hall–Kier alpha value is -6.38. The van der Waals surface area contributed by atoms with E-state index in [2.05, 4.69) is 25.1 Å². The zero-order valence-electron chi connectivity index (χ0n) is 34.9. The monoisotopic (exact) mass is 916 g/mol. The Morgan fingerprint density at radius 3 is 2.46 bits per heavy atom. The van der Waals surface area contributed by atoms with Crippen LogP contribution in [0.25, 0.3) is 22.2 Å². The highest BCUT2D eigenvalue weighted by Crippen LogP contribution is 2.34. The highest BCUT2D eigenvalue weighted by Gasteiger charge is 2.44. The van der Waals surface area contributed by atoms with Crippen molar-refractivity contribution < 1.29 is 49.9 Å². The van der Waals surface area contributed by atoms with Crippen LogP contribution in [-0.2, 0) is 26.3 Å². The number of rotatable bonds is 14. The summed E-state index contributed by atoms with van der Waals surface area (Å²) < 4.78 is 92.2. The number of ketones is 1. The number of benzene rings is 3. The second-order valence-corrected chi connectivity index (χ2v) is 18.3. The predicted octanol–water partition coefficient (Wildman–Crippen LogP) is 5.48. The molecule has 4 aliphatic rings. The van der Waals surface area contributed by atoms with Gasteiger partial charge >= 0.3 is 10.2 Å². The zero-order chi connectivity index (χ0) is 45.6. The molecule has 1 atom stereocenters. The van der Waals surface area contributed by atoms with Gasteiger partial charge in [0.25, 0.3) is 11.8 Å².